The maximum Gasteiger partial charge on any atom is 0.259 e. The summed E-state index contributed by atoms with van der Waals surface area (Å²) in [4.78, 5) is 34.1. The quantitative estimate of drug-likeness (QED) is 0.699. The average Bonchev–Trinajstić information content (AvgIpc) is 3.23. The lowest BCUT2D eigenvalue weighted by Crippen LogP contribution is -2.16. The Morgan fingerprint density at radius 2 is 2.08 bits per heavy atom. The van der Waals surface area contributed by atoms with Gasteiger partial charge in [-0.05, 0) is 37.7 Å². The molecule has 1 aliphatic rings. The fraction of sp³-hybridized carbons (Fsp3) is 0.471. The number of thiophene rings is 1. The lowest BCUT2D eigenvalue weighted by Gasteiger charge is -2.09. The van der Waals surface area contributed by atoms with Gasteiger partial charge in [0.2, 0.25) is 11.0 Å². The third-order valence-corrected chi connectivity index (χ3v) is 6.65. The number of nitrogens with zero attached hydrogens (tertiary/aromatic N) is 3. The molecule has 9 heteroatoms. The minimum atomic E-state index is -0.156. The van der Waals surface area contributed by atoms with E-state index in [-0.39, 0.29) is 17.9 Å². The van der Waals surface area contributed by atoms with Crippen LogP contribution in [0.1, 0.15) is 47.5 Å². The molecule has 136 valence electrons. The van der Waals surface area contributed by atoms with Gasteiger partial charge in [0.05, 0.1) is 5.39 Å². The molecule has 26 heavy (non-hydrogen) atoms. The Morgan fingerprint density at radius 1 is 1.23 bits per heavy atom. The van der Waals surface area contributed by atoms with Gasteiger partial charge in [-0.2, -0.15) is 0 Å². The Hall–Kier alpha value is -2.13. The third kappa shape index (κ3) is 3.41. The number of anilines is 1. The van der Waals surface area contributed by atoms with E-state index in [2.05, 4.69) is 25.5 Å². The van der Waals surface area contributed by atoms with Gasteiger partial charge in [0, 0.05) is 17.7 Å². The minimum Gasteiger partial charge on any atom is -0.310 e. The number of rotatable bonds is 5. The topological polar surface area (TPSA) is 101 Å². The van der Waals surface area contributed by atoms with E-state index in [1.807, 2.05) is 6.92 Å². The fourth-order valence-electron chi connectivity index (χ4n) is 3.19. The highest BCUT2D eigenvalue weighted by molar-refractivity contribution is 7.18. The van der Waals surface area contributed by atoms with E-state index in [0.29, 0.717) is 17.4 Å². The molecular formula is C17H19N5O2S2. The molecule has 0 unspecified atom stereocenters. The molecule has 3 aromatic heterocycles. The van der Waals surface area contributed by atoms with Crippen molar-refractivity contribution >= 4 is 43.9 Å². The summed E-state index contributed by atoms with van der Waals surface area (Å²) in [5.41, 5.74) is 1.10. The number of H-pyrrole nitrogens is 1. The summed E-state index contributed by atoms with van der Waals surface area (Å²) in [6.45, 7) is 1.99. The first-order valence-electron chi connectivity index (χ1n) is 8.79. The summed E-state index contributed by atoms with van der Waals surface area (Å²) in [5, 5.41) is 12.8. The van der Waals surface area contributed by atoms with Crippen LogP contribution in [0, 0.1) is 0 Å². The highest BCUT2D eigenvalue weighted by Crippen LogP contribution is 2.33. The van der Waals surface area contributed by atoms with Crippen molar-refractivity contribution in [3.63, 3.8) is 0 Å². The number of aryl methyl sites for hydroxylation is 4. The molecular weight excluding hydrogens is 370 g/mol. The second kappa shape index (κ2) is 7.24. The summed E-state index contributed by atoms with van der Waals surface area (Å²) in [7, 11) is 0. The number of carbonyl (C=O) groups is 1. The molecule has 0 bridgehead atoms. The van der Waals surface area contributed by atoms with Crippen molar-refractivity contribution in [3.8, 4) is 0 Å². The summed E-state index contributed by atoms with van der Waals surface area (Å²) < 4.78 is 0. The monoisotopic (exact) mass is 389 g/mol. The van der Waals surface area contributed by atoms with Crippen LogP contribution in [0.2, 0.25) is 0 Å². The number of amides is 1. The van der Waals surface area contributed by atoms with Crippen molar-refractivity contribution < 1.29 is 4.79 Å². The number of hydrogen-bond acceptors (Lipinski definition) is 7. The van der Waals surface area contributed by atoms with Crippen molar-refractivity contribution in [3.05, 3.63) is 31.6 Å². The average molecular weight is 390 g/mol. The molecule has 0 atom stereocenters. The van der Waals surface area contributed by atoms with Crippen molar-refractivity contribution in [2.75, 3.05) is 5.32 Å². The van der Waals surface area contributed by atoms with Crippen LogP contribution in [0.5, 0.6) is 0 Å². The number of fused-ring (bicyclic) bond motifs is 3. The Bertz CT molecular complexity index is 1020. The molecule has 0 fully saturated rings. The van der Waals surface area contributed by atoms with Crippen LogP contribution in [0.25, 0.3) is 10.2 Å². The molecule has 0 saturated carbocycles. The molecule has 0 aromatic carbocycles. The summed E-state index contributed by atoms with van der Waals surface area (Å²) in [6, 6.07) is 0. The summed E-state index contributed by atoms with van der Waals surface area (Å²) in [5.74, 6) is 0.403. The van der Waals surface area contributed by atoms with Crippen LogP contribution in [0.4, 0.5) is 5.13 Å². The first kappa shape index (κ1) is 17.3. The van der Waals surface area contributed by atoms with Gasteiger partial charge in [0.1, 0.15) is 15.7 Å². The lowest BCUT2D eigenvalue weighted by atomic mass is 9.97. The first-order valence-corrected chi connectivity index (χ1v) is 10.4. The minimum absolute atomic E-state index is 0.0819. The highest BCUT2D eigenvalue weighted by atomic mass is 32.1. The zero-order valence-corrected chi connectivity index (χ0v) is 16.1. The standard InChI is InChI=1S/C17H19N5O2S2/c1-2-13-21-22-17(26-13)20-12(23)8-7-11-18-15(24)14-9-5-3-4-6-10(9)25-16(14)19-11/h2-8H2,1H3,(H,18,19,24)(H,20,22,23). The van der Waals surface area contributed by atoms with Crippen LogP contribution in [0.15, 0.2) is 4.79 Å². The molecule has 3 aromatic rings. The largest absolute Gasteiger partial charge is 0.310 e. The van der Waals surface area contributed by atoms with Gasteiger partial charge in [0.25, 0.3) is 5.56 Å². The Kier molecular flexibility index (Phi) is 4.82. The normalized spacial score (nSPS) is 13.7. The smallest absolute Gasteiger partial charge is 0.259 e. The Morgan fingerprint density at radius 3 is 2.88 bits per heavy atom. The van der Waals surface area contributed by atoms with Gasteiger partial charge in [-0.15, -0.1) is 21.5 Å². The molecule has 7 nitrogen and oxygen atoms in total. The van der Waals surface area contributed by atoms with E-state index in [0.717, 1.165) is 40.9 Å². The molecule has 0 radical (unpaired) electrons. The van der Waals surface area contributed by atoms with Crippen LogP contribution in [0.3, 0.4) is 0 Å². The van der Waals surface area contributed by atoms with Crippen molar-refractivity contribution in [1.29, 1.82) is 0 Å². The van der Waals surface area contributed by atoms with Gasteiger partial charge in [-0.1, -0.05) is 18.3 Å². The third-order valence-electron chi connectivity index (χ3n) is 4.48. The summed E-state index contributed by atoms with van der Waals surface area (Å²) in [6.07, 6.45) is 5.73. The zero-order valence-electron chi connectivity index (χ0n) is 14.4. The van der Waals surface area contributed by atoms with Crippen molar-refractivity contribution in [1.82, 2.24) is 20.2 Å². The molecule has 3 heterocycles. The predicted octanol–water partition coefficient (Wildman–Crippen LogP) is 2.85. The van der Waals surface area contributed by atoms with Crippen molar-refractivity contribution in [2.45, 2.75) is 51.9 Å². The SMILES string of the molecule is CCc1nnc(NC(=O)CCc2nc3sc4c(c3c(=O)[nH]2)CCCC4)s1. The van der Waals surface area contributed by atoms with E-state index < -0.39 is 0 Å². The maximum absolute atomic E-state index is 12.5. The lowest BCUT2D eigenvalue weighted by molar-refractivity contribution is -0.116. The Balaban J connectivity index is 1.47. The van der Waals surface area contributed by atoms with Gasteiger partial charge in [-0.3, -0.25) is 9.59 Å². The highest BCUT2D eigenvalue weighted by Gasteiger charge is 2.20. The van der Waals surface area contributed by atoms with Crippen LogP contribution in [-0.2, 0) is 30.5 Å². The number of aromatic nitrogens is 4. The van der Waals surface area contributed by atoms with E-state index in [9.17, 15) is 9.59 Å². The molecule has 1 amide bonds. The molecule has 0 spiro atoms. The number of aromatic amines is 1. The van der Waals surface area contributed by atoms with Gasteiger partial charge in [0.15, 0.2) is 0 Å². The number of hydrogen-bond donors (Lipinski definition) is 2. The molecule has 1 aliphatic carbocycles. The first-order chi connectivity index (χ1) is 12.6. The maximum atomic E-state index is 12.5. The van der Waals surface area contributed by atoms with E-state index in [4.69, 9.17) is 0 Å². The molecule has 2 N–H and O–H groups in total. The second-order valence-corrected chi connectivity index (χ2v) is 8.45. The van der Waals surface area contributed by atoms with E-state index >= 15 is 0 Å². The fourth-order valence-corrected chi connectivity index (χ4v) is 5.16. The Labute approximate surface area is 157 Å². The van der Waals surface area contributed by atoms with Crippen LogP contribution in [-0.4, -0.2) is 26.1 Å². The second-order valence-electron chi connectivity index (χ2n) is 6.31. The van der Waals surface area contributed by atoms with Gasteiger partial charge < -0.3 is 10.3 Å². The van der Waals surface area contributed by atoms with E-state index in [1.165, 1.54) is 28.2 Å². The molecule has 0 aliphatic heterocycles. The molecule has 0 saturated heterocycles. The van der Waals surface area contributed by atoms with Gasteiger partial charge >= 0.3 is 0 Å². The van der Waals surface area contributed by atoms with Gasteiger partial charge in [-0.25, -0.2) is 4.98 Å². The van der Waals surface area contributed by atoms with Crippen molar-refractivity contribution in [2.24, 2.45) is 0 Å². The number of carbonyl (C=O) groups excluding carboxylic acids is 1. The van der Waals surface area contributed by atoms with Crippen LogP contribution < -0.4 is 10.9 Å². The number of nitrogens with one attached hydrogen (secondary N) is 2. The molecule has 4 rings (SSSR count). The van der Waals surface area contributed by atoms with E-state index in [1.54, 1.807) is 11.3 Å². The van der Waals surface area contributed by atoms with Crippen LogP contribution >= 0.6 is 22.7 Å². The zero-order chi connectivity index (χ0) is 18.1. The summed E-state index contributed by atoms with van der Waals surface area (Å²) >= 11 is 3.00. The predicted molar refractivity (Wildman–Crippen MR) is 103 cm³/mol.